The van der Waals surface area contributed by atoms with Gasteiger partial charge in [0.2, 0.25) is 6.29 Å². The van der Waals surface area contributed by atoms with Crippen LogP contribution in [-0.2, 0) is 9.47 Å². The molecule has 2 rings (SSSR count). The van der Waals surface area contributed by atoms with E-state index in [0.29, 0.717) is 0 Å². The van der Waals surface area contributed by atoms with Gasteiger partial charge in [0.15, 0.2) is 0 Å². The predicted molar refractivity (Wildman–Crippen MR) is 66.9 cm³/mol. The maximum absolute atomic E-state index is 5.33. The minimum atomic E-state index is -0.461. The molecule has 0 amide bonds. The SMILES string of the molecule is COc1ccccc1-n1nccc1C(OC)OC. The summed E-state index contributed by atoms with van der Waals surface area (Å²) in [5, 5.41) is 4.29. The Balaban J connectivity index is 2.48. The molecule has 1 aromatic carbocycles. The highest BCUT2D eigenvalue weighted by molar-refractivity contribution is 5.46. The highest BCUT2D eigenvalue weighted by Crippen LogP contribution is 2.26. The van der Waals surface area contributed by atoms with Crippen LogP contribution in [0.15, 0.2) is 36.5 Å². The van der Waals surface area contributed by atoms with Crippen molar-refractivity contribution < 1.29 is 14.2 Å². The predicted octanol–water partition coefficient (Wildman–Crippen LogP) is 2.17. The van der Waals surface area contributed by atoms with Crippen LogP contribution in [0, 0.1) is 0 Å². The van der Waals surface area contributed by atoms with Crippen LogP contribution in [0.3, 0.4) is 0 Å². The van der Waals surface area contributed by atoms with E-state index < -0.39 is 6.29 Å². The first-order valence-electron chi connectivity index (χ1n) is 5.54. The molecular weight excluding hydrogens is 232 g/mol. The summed E-state index contributed by atoms with van der Waals surface area (Å²) in [6.07, 6.45) is 1.24. The van der Waals surface area contributed by atoms with Gasteiger partial charge in [0.25, 0.3) is 0 Å². The zero-order chi connectivity index (χ0) is 13.0. The van der Waals surface area contributed by atoms with Gasteiger partial charge in [0, 0.05) is 20.4 Å². The van der Waals surface area contributed by atoms with Gasteiger partial charge in [-0.1, -0.05) is 12.1 Å². The third kappa shape index (κ3) is 2.23. The monoisotopic (exact) mass is 248 g/mol. The van der Waals surface area contributed by atoms with Gasteiger partial charge in [-0.15, -0.1) is 0 Å². The molecule has 5 nitrogen and oxygen atoms in total. The number of para-hydroxylation sites is 2. The van der Waals surface area contributed by atoms with Gasteiger partial charge >= 0.3 is 0 Å². The number of rotatable bonds is 5. The van der Waals surface area contributed by atoms with Gasteiger partial charge in [-0.2, -0.15) is 5.10 Å². The summed E-state index contributed by atoms with van der Waals surface area (Å²) in [6.45, 7) is 0. The van der Waals surface area contributed by atoms with Gasteiger partial charge in [0.05, 0.1) is 7.11 Å². The van der Waals surface area contributed by atoms with E-state index in [4.69, 9.17) is 14.2 Å². The van der Waals surface area contributed by atoms with E-state index in [1.807, 2.05) is 30.3 Å². The van der Waals surface area contributed by atoms with E-state index in [1.54, 1.807) is 32.2 Å². The third-order valence-electron chi connectivity index (χ3n) is 2.66. The Kier molecular flexibility index (Phi) is 3.96. The number of hydrogen-bond acceptors (Lipinski definition) is 4. The highest BCUT2D eigenvalue weighted by atomic mass is 16.7. The molecule has 2 aromatic rings. The third-order valence-corrected chi connectivity index (χ3v) is 2.66. The fourth-order valence-corrected chi connectivity index (χ4v) is 1.84. The molecule has 0 saturated heterocycles. The molecule has 0 radical (unpaired) electrons. The fraction of sp³-hybridized carbons (Fsp3) is 0.308. The molecule has 96 valence electrons. The number of ether oxygens (including phenoxy) is 3. The Morgan fingerprint density at radius 1 is 1.06 bits per heavy atom. The van der Waals surface area contributed by atoms with Crippen LogP contribution in [0.25, 0.3) is 5.69 Å². The lowest BCUT2D eigenvalue weighted by Gasteiger charge is -2.16. The lowest BCUT2D eigenvalue weighted by molar-refractivity contribution is -0.109. The maximum atomic E-state index is 5.33. The summed E-state index contributed by atoms with van der Waals surface area (Å²) >= 11 is 0. The minimum absolute atomic E-state index is 0.461. The quantitative estimate of drug-likeness (QED) is 0.761. The molecule has 0 aliphatic heterocycles. The van der Waals surface area contributed by atoms with Crippen molar-refractivity contribution in [3.8, 4) is 11.4 Å². The summed E-state index contributed by atoms with van der Waals surface area (Å²) in [6, 6.07) is 9.50. The summed E-state index contributed by atoms with van der Waals surface area (Å²) in [5.41, 5.74) is 1.66. The van der Waals surface area contributed by atoms with Crippen LogP contribution >= 0.6 is 0 Å². The topological polar surface area (TPSA) is 45.5 Å². The van der Waals surface area contributed by atoms with Crippen LogP contribution in [0.4, 0.5) is 0 Å². The van der Waals surface area contributed by atoms with Crippen molar-refractivity contribution >= 4 is 0 Å². The molecule has 1 aromatic heterocycles. The van der Waals surface area contributed by atoms with Crippen LogP contribution in [0.1, 0.15) is 12.0 Å². The number of hydrogen-bond donors (Lipinski definition) is 0. The molecule has 0 bridgehead atoms. The second-order valence-corrected chi connectivity index (χ2v) is 3.64. The van der Waals surface area contributed by atoms with Gasteiger partial charge in [0.1, 0.15) is 17.1 Å². The molecule has 0 aliphatic rings. The Morgan fingerprint density at radius 3 is 2.44 bits per heavy atom. The average Bonchev–Trinajstić information content (AvgIpc) is 2.89. The van der Waals surface area contributed by atoms with Crippen molar-refractivity contribution in [2.45, 2.75) is 6.29 Å². The molecule has 0 unspecified atom stereocenters. The van der Waals surface area contributed by atoms with E-state index in [0.717, 1.165) is 17.1 Å². The minimum Gasteiger partial charge on any atom is -0.494 e. The second kappa shape index (κ2) is 5.66. The molecule has 0 N–H and O–H groups in total. The lowest BCUT2D eigenvalue weighted by Crippen LogP contribution is -2.11. The lowest BCUT2D eigenvalue weighted by atomic mass is 10.3. The summed E-state index contributed by atoms with van der Waals surface area (Å²) in [4.78, 5) is 0. The molecular formula is C13H16N2O3. The molecule has 0 saturated carbocycles. The van der Waals surface area contributed by atoms with Crippen molar-refractivity contribution in [1.82, 2.24) is 9.78 Å². The highest BCUT2D eigenvalue weighted by Gasteiger charge is 2.17. The molecule has 5 heteroatoms. The van der Waals surface area contributed by atoms with E-state index in [2.05, 4.69) is 5.10 Å². The zero-order valence-corrected chi connectivity index (χ0v) is 10.7. The Bertz CT molecular complexity index is 506. The van der Waals surface area contributed by atoms with Crippen molar-refractivity contribution in [2.75, 3.05) is 21.3 Å². The Morgan fingerprint density at radius 2 is 1.78 bits per heavy atom. The maximum Gasteiger partial charge on any atom is 0.200 e. The van der Waals surface area contributed by atoms with Crippen molar-refractivity contribution in [3.05, 3.63) is 42.2 Å². The van der Waals surface area contributed by atoms with Gasteiger partial charge in [-0.05, 0) is 18.2 Å². The smallest absolute Gasteiger partial charge is 0.200 e. The first kappa shape index (κ1) is 12.6. The number of methoxy groups -OCH3 is 3. The number of benzene rings is 1. The molecule has 0 spiro atoms. The fourth-order valence-electron chi connectivity index (χ4n) is 1.84. The molecule has 0 atom stereocenters. The van der Waals surface area contributed by atoms with Crippen LogP contribution in [-0.4, -0.2) is 31.1 Å². The van der Waals surface area contributed by atoms with Crippen LogP contribution < -0.4 is 4.74 Å². The van der Waals surface area contributed by atoms with Crippen molar-refractivity contribution in [3.63, 3.8) is 0 Å². The molecule has 0 fully saturated rings. The molecule has 18 heavy (non-hydrogen) atoms. The first-order valence-corrected chi connectivity index (χ1v) is 5.54. The molecule has 1 heterocycles. The van der Waals surface area contributed by atoms with Crippen molar-refractivity contribution in [1.29, 1.82) is 0 Å². The van der Waals surface area contributed by atoms with E-state index in [1.165, 1.54) is 0 Å². The van der Waals surface area contributed by atoms with E-state index in [9.17, 15) is 0 Å². The van der Waals surface area contributed by atoms with Crippen LogP contribution in [0.5, 0.6) is 5.75 Å². The summed E-state index contributed by atoms with van der Waals surface area (Å²) in [7, 11) is 4.81. The van der Waals surface area contributed by atoms with Gasteiger partial charge in [-0.3, -0.25) is 0 Å². The van der Waals surface area contributed by atoms with E-state index >= 15 is 0 Å². The van der Waals surface area contributed by atoms with Gasteiger partial charge in [-0.25, -0.2) is 4.68 Å². The average molecular weight is 248 g/mol. The summed E-state index contributed by atoms with van der Waals surface area (Å²) < 4.78 is 17.6. The van der Waals surface area contributed by atoms with Gasteiger partial charge < -0.3 is 14.2 Å². The normalized spacial score (nSPS) is 10.9. The van der Waals surface area contributed by atoms with E-state index in [-0.39, 0.29) is 0 Å². The first-order chi connectivity index (χ1) is 8.81. The second-order valence-electron chi connectivity index (χ2n) is 3.64. The Hall–Kier alpha value is -1.85. The summed E-state index contributed by atoms with van der Waals surface area (Å²) in [5.74, 6) is 0.744. The Labute approximate surface area is 106 Å². The number of nitrogens with zero attached hydrogens (tertiary/aromatic N) is 2. The van der Waals surface area contributed by atoms with Crippen molar-refractivity contribution in [2.24, 2.45) is 0 Å². The standard InChI is InChI=1S/C13H16N2O3/c1-16-12-7-5-4-6-10(12)15-11(8-9-14-15)13(17-2)18-3/h4-9,13H,1-3H3. The zero-order valence-electron chi connectivity index (χ0n) is 10.7. The molecule has 0 aliphatic carbocycles. The number of aromatic nitrogens is 2. The largest absolute Gasteiger partial charge is 0.494 e. The van der Waals surface area contributed by atoms with Crippen LogP contribution in [0.2, 0.25) is 0 Å².